The fourth-order valence-electron chi connectivity index (χ4n) is 3.01. The fourth-order valence-corrected chi connectivity index (χ4v) is 3.01. The minimum atomic E-state index is 0.964. The van der Waals surface area contributed by atoms with Crippen molar-refractivity contribution in [1.29, 1.82) is 0 Å². The number of hydrogen-bond acceptors (Lipinski definition) is 5. The van der Waals surface area contributed by atoms with Gasteiger partial charge in [-0.3, -0.25) is 0 Å². The zero-order valence-corrected chi connectivity index (χ0v) is 17.5. The SMILES string of the molecule is C=COOOOOC=CCCCCCCCCCCCCCCCCCC. The van der Waals surface area contributed by atoms with Crippen LogP contribution in [0.1, 0.15) is 116 Å². The Bertz CT molecular complexity index is 307. The largest absolute Gasteiger partial charge is 0.315 e. The lowest BCUT2D eigenvalue weighted by molar-refractivity contribution is -0.692. The van der Waals surface area contributed by atoms with Crippen molar-refractivity contribution in [2.45, 2.75) is 116 Å². The van der Waals surface area contributed by atoms with Crippen LogP contribution in [-0.2, 0) is 24.9 Å². The van der Waals surface area contributed by atoms with Crippen LogP contribution in [0.4, 0.5) is 0 Å². The highest BCUT2D eigenvalue weighted by molar-refractivity contribution is 4.71. The molecule has 0 amide bonds. The molecule has 5 nitrogen and oxygen atoms in total. The Balaban J connectivity index is 3.03. The van der Waals surface area contributed by atoms with Gasteiger partial charge in [0.1, 0.15) is 12.5 Å². The Hall–Kier alpha value is -1.04. The van der Waals surface area contributed by atoms with E-state index in [1.54, 1.807) is 0 Å². The van der Waals surface area contributed by atoms with Gasteiger partial charge in [0.15, 0.2) is 0 Å². The van der Waals surface area contributed by atoms with Gasteiger partial charge in [-0.15, -0.1) is 0 Å². The molecule has 0 N–H and O–H groups in total. The van der Waals surface area contributed by atoms with Gasteiger partial charge >= 0.3 is 0 Å². The van der Waals surface area contributed by atoms with Gasteiger partial charge < -0.3 is 9.78 Å². The molecule has 0 saturated heterocycles. The molecule has 0 aromatic heterocycles. The molecule has 0 aliphatic rings. The van der Waals surface area contributed by atoms with Gasteiger partial charge in [0.2, 0.25) is 0 Å². The smallest absolute Gasteiger partial charge is 0.129 e. The maximum atomic E-state index is 4.57. The van der Waals surface area contributed by atoms with E-state index in [1.807, 2.05) is 6.08 Å². The zero-order valence-electron chi connectivity index (χ0n) is 17.5. The molecular formula is C22H42O5. The Morgan fingerprint density at radius 2 is 1.00 bits per heavy atom. The van der Waals surface area contributed by atoms with Crippen molar-refractivity contribution in [2.75, 3.05) is 0 Å². The van der Waals surface area contributed by atoms with E-state index >= 15 is 0 Å². The molecule has 0 rings (SSSR count). The van der Waals surface area contributed by atoms with Gasteiger partial charge in [-0.1, -0.05) is 110 Å². The van der Waals surface area contributed by atoms with Gasteiger partial charge in [0, 0.05) is 15.1 Å². The molecule has 27 heavy (non-hydrogen) atoms. The van der Waals surface area contributed by atoms with E-state index in [4.69, 9.17) is 0 Å². The van der Waals surface area contributed by atoms with Crippen molar-refractivity contribution in [3.8, 4) is 0 Å². The number of hydrogen-bond donors (Lipinski definition) is 0. The average Bonchev–Trinajstić information content (AvgIpc) is 2.68. The van der Waals surface area contributed by atoms with Crippen LogP contribution < -0.4 is 0 Å². The van der Waals surface area contributed by atoms with E-state index < -0.39 is 0 Å². The van der Waals surface area contributed by atoms with Crippen molar-refractivity contribution in [3.63, 3.8) is 0 Å². The molecule has 0 aliphatic carbocycles. The molecule has 0 atom stereocenters. The molecule has 0 spiro atoms. The lowest BCUT2D eigenvalue weighted by atomic mass is 10.0. The van der Waals surface area contributed by atoms with Crippen LogP contribution >= 0.6 is 0 Å². The lowest BCUT2D eigenvalue weighted by Crippen LogP contribution is -1.92. The van der Waals surface area contributed by atoms with Crippen molar-refractivity contribution < 1.29 is 24.9 Å². The molecule has 0 bridgehead atoms. The van der Waals surface area contributed by atoms with Gasteiger partial charge in [-0.25, -0.2) is 0 Å². The second-order valence-electron chi connectivity index (χ2n) is 7.03. The summed E-state index contributed by atoms with van der Waals surface area (Å²) in [6.07, 6.45) is 27.5. The topological polar surface area (TPSA) is 46.2 Å². The second-order valence-corrected chi connectivity index (χ2v) is 7.03. The standard InChI is InChI=1S/C22H42O5/c1-3-5-6-7-8-9-10-11-12-13-14-15-16-17-18-19-20-21-22-24-26-27-25-23-4-2/h4,21-22H,2-3,5-20H2,1H3. The summed E-state index contributed by atoms with van der Waals surface area (Å²) in [6.45, 7) is 5.53. The van der Waals surface area contributed by atoms with Crippen LogP contribution in [0.5, 0.6) is 0 Å². The first-order valence-electron chi connectivity index (χ1n) is 11.0. The highest BCUT2D eigenvalue weighted by Crippen LogP contribution is 2.14. The van der Waals surface area contributed by atoms with Crippen LogP contribution in [0.2, 0.25) is 0 Å². The molecule has 0 radical (unpaired) electrons. The average molecular weight is 387 g/mol. The van der Waals surface area contributed by atoms with E-state index in [1.165, 1.54) is 103 Å². The summed E-state index contributed by atoms with van der Waals surface area (Å²) < 4.78 is 0. The van der Waals surface area contributed by atoms with Crippen molar-refractivity contribution in [1.82, 2.24) is 0 Å². The summed E-state index contributed by atoms with van der Waals surface area (Å²) >= 11 is 0. The van der Waals surface area contributed by atoms with Crippen LogP contribution in [0, 0.1) is 0 Å². The van der Waals surface area contributed by atoms with E-state index in [9.17, 15) is 0 Å². The lowest BCUT2D eigenvalue weighted by Gasteiger charge is -2.03. The Kier molecular flexibility index (Phi) is 24.0. The summed E-state index contributed by atoms with van der Waals surface area (Å²) in [4.78, 5) is 8.76. The molecule has 0 fully saturated rings. The van der Waals surface area contributed by atoms with Crippen molar-refractivity contribution >= 4 is 0 Å². The minimum absolute atomic E-state index is 0.964. The predicted octanol–water partition coefficient (Wildman–Crippen LogP) is 8.04. The van der Waals surface area contributed by atoms with Gasteiger partial charge in [-0.05, 0) is 18.9 Å². The van der Waals surface area contributed by atoms with Crippen LogP contribution in [-0.4, -0.2) is 0 Å². The predicted molar refractivity (Wildman–Crippen MR) is 109 cm³/mol. The van der Waals surface area contributed by atoms with Crippen molar-refractivity contribution in [2.24, 2.45) is 0 Å². The third-order valence-corrected chi connectivity index (χ3v) is 4.58. The van der Waals surface area contributed by atoms with Gasteiger partial charge in [-0.2, -0.15) is 0 Å². The fraction of sp³-hybridized carbons (Fsp3) is 0.818. The number of unbranched alkanes of at least 4 members (excludes halogenated alkanes) is 16. The molecule has 160 valence electrons. The monoisotopic (exact) mass is 386 g/mol. The minimum Gasteiger partial charge on any atom is -0.315 e. The van der Waals surface area contributed by atoms with Gasteiger partial charge in [0.25, 0.3) is 0 Å². The Morgan fingerprint density at radius 1 is 0.556 bits per heavy atom. The van der Waals surface area contributed by atoms with Gasteiger partial charge in [0.05, 0.1) is 0 Å². The summed E-state index contributed by atoms with van der Waals surface area (Å²) in [5, 5.41) is 12.3. The molecule has 5 heteroatoms. The van der Waals surface area contributed by atoms with Crippen LogP contribution in [0.25, 0.3) is 0 Å². The number of allylic oxidation sites excluding steroid dienone is 1. The number of rotatable bonds is 23. The van der Waals surface area contributed by atoms with Crippen LogP contribution in [0.3, 0.4) is 0 Å². The highest BCUT2D eigenvalue weighted by Gasteiger charge is 1.94. The maximum Gasteiger partial charge on any atom is 0.129 e. The quantitative estimate of drug-likeness (QED) is 0.0769. The third-order valence-electron chi connectivity index (χ3n) is 4.58. The second kappa shape index (κ2) is 25.0. The first-order chi connectivity index (χ1) is 13.4. The molecule has 0 heterocycles. The molecule has 0 unspecified atom stereocenters. The third kappa shape index (κ3) is 25.0. The van der Waals surface area contributed by atoms with E-state index in [-0.39, 0.29) is 0 Å². The molecule has 0 aromatic carbocycles. The van der Waals surface area contributed by atoms with E-state index in [2.05, 4.69) is 38.4 Å². The van der Waals surface area contributed by atoms with Crippen LogP contribution in [0.15, 0.2) is 25.2 Å². The normalized spacial score (nSPS) is 11.1. The zero-order chi connectivity index (χ0) is 19.7. The summed E-state index contributed by atoms with van der Waals surface area (Å²) in [5.41, 5.74) is 0. The Labute approximate surface area is 166 Å². The summed E-state index contributed by atoms with van der Waals surface area (Å²) in [6, 6.07) is 0. The molecule has 0 aromatic rings. The summed E-state index contributed by atoms with van der Waals surface area (Å²) in [7, 11) is 0. The summed E-state index contributed by atoms with van der Waals surface area (Å²) in [5.74, 6) is 0. The maximum absolute atomic E-state index is 4.57. The highest BCUT2D eigenvalue weighted by atomic mass is 17.8. The molecule has 0 aliphatic heterocycles. The van der Waals surface area contributed by atoms with E-state index in [0.717, 1.165) is 19.1 Å². The Morgan fingerprint density at radius 3 is 1.48 bits per heavy atom. The first kappa shape index (κ1) is 26.0. The van der Waals surface area contributed by atoms with E-state index in [0.29, 0.717) is 0 Å². The molecule has 0 saturated carbocycles. The van der Waals surface area contributed by atoms with Crippen molar-refractivity contribution in [3.05, 3.63) is 25.2 Å². The first-order valence-corrected chi connectivity index (χ1v) is 11.0. The molecular weight excluding hydrogens is 344 g/mol.